The van der Waals surface area contributed by atoms with E-state index in [4.69, 9.17) is 39.1 Å². The summed E-state index contributed by atoms with van der Waals surface area (Å²) >= 11 is 0. The van der Waals surface area contributed by atoms with Crippen LogP contribution in [0.15, 0.2) is 64.6 Å². The maximum atomic E-state index is 15.1. The van der Waals surface area contributed by atoms with Gasteiger partial charge in [-0.2, -0.15) is 0 Å². The van der Waals surface area contributed by atoms with Crippen LogP contribution in [0, 0.1) is 5.92 Å². The highest BCUT2D eigenvalue weighted by atomic mass is 33.1. The molecule has 1 aliphatic carbocycles. The number of primary amides is 1. The Morgan fingerprint density at radius 2 is 1.29 bits per heavy atom. The molecule has 0 radical (unpaired) electrons. The number of benzene rings is 2. The summed E-state index contributed by atoms with van der Waals surface area (Å²) in [7, 11) is 2.59. The third-order valence-corrected chi connectivity index (χ3v) is 18.6. The molecule has 1 unspecified atom stereocenters. The van der Waals surface area contributed by atoms with E-state index in [0.717, 1.165) is 19.3 Å². The lowest BCUT2D eigenvalue weighted by Gasteiger charge is -2.37. The lowest BCUT2D eigenvalue weighted by atomic mass is 9.85. The summed E-state index contributed by atoms with van der Waals surface area (Å²) in [5.41, 5.74) is 34.9. The van der Waals surface area contributed by atoms with Crippen molar-refractivity contribution in [3.8, 4) is 5.75 Å². The molecule has 2 aromatic rings. The highest BCUT2D eigenvalue weighted by Gasteiger charge is 2.42. The second-order valence-corrected chi connectivity index (χ2v) is 25.6. The van der Waals surface area contributed by atoms with E-state index in [9.17, 15) is 43.2 Å². The first kappa shape index (κ1) is 71.9. The second-order valence-electron chi connectivity index (χ2n) is 22.8. The summed E-state index contributed by atoms with van der Waals surface area (Å²) in [4.78, 5) is 151. The lowest BCUT2D eigenvalue weighted by molar-refractivity contribution is -0.142. The fourth-order valence-corrected chi connectivity index (χ4v) is 14.0. The van der Waals surface area contributed by atoms with Gasteiger partial charge in [0.2, 0.25) is 59.1 Å². The van der Waals surface area contributed by atoms with Crippen molar-refractivity contribution in [3.05, 3.63) is 65.7 Å². The summed E-state index contributed by atoms with van der Waals surface area (Å²) in [5.74, 6) is -7.52. The molecule has 89 heavy (non-hydrogen) atoms. The van der Waals surface area contributed by atoms with Gasteiger partial charge in [0.1, 0.15) is 48.0 Å². The first-order chi connectivity index (χ1) is 42.5. The predicted octanol–water partition coefficient (Wildman–Crippen LogP) is -1.54. The average Bonchev–Trinajstić information content (AvgIpc) is 2.45. The highest BCUT2D eigenvalue weighted by molar-refractivity contribution is 8.77. The Kier molecular flexibility index (Phi) is 29.5. The number of rotatable bonds is 25. The first-order valence-electron chi connectivity index (χ1n) is 30.4. The minimum atomic E-state index is -1.67. The summed E-state index contributed by atoms with van der Waals surface area (Å²) in [5, 5.41) is 22.2. The molecular weight excluding hydrogens is 1190 g/mol. The number of carbonyl (C=O) groups excluding carboxylic acids is 10. The fraction of sp³-hybridized carbons (Fsp3) is 0.593. The molecule has 8 atom stereocenters. The Hall–Kier alpha value is -7.86. The molecule has 1 saturated carbocycles. The van der Waals surface area contributed by atoms with Gasteiger partial charge in [0.25, 0.3) is 0 Å². The zero-order chi connectivity index (χ0) is 65.0. The maximum absolute atomic E-state index is 15.1. The minimum absolute atomic E-state index is 0.00252. The maximum Gasteiger partial charge on any atom is 0.246 e. The van der Waals surface area contributed by atoms with Crippen LogP contribution in [0.4, 0.5) is 0 Å². The van der Waals surface area contributed by atoms with Crippen LogP contribution in [0.1, 0.15) is 115 Å². The molecule has 490 valence electrons. The Morgan fingerprint density at radius 1 is 0.708 bits per heavy atom. The van der Waals surface area contributed by atoms with Crippen LogP contribution in [0.5, 0.6) is 5.75 Å². The van der Waals surface area contributed by atoms with Crippen molar-refractivity contribution in [2.45, 2.75) is 170 Å². The van der Waals surface area contributed by atoms with Gasteiger partial charge in [0, 0.05) is 62.5 Å². The highest BCUT2D eigenvalue weighted by Crippen LogP contribution is 2.48. The van der Waals surface area contributed by atoms with Crippen LogP contribution < -0.4 is 81.7 Å². The number of nitrogens with one attached hydrogen (secondary N) is 8. The largest absolute Gasteiger partial charge is 0.494 e. The van der Waals surface area contributed by atoms with Gasteiger partial charge >= 0.3 is 0 Å². The van der Waals surface area contributed by atoms with E-state index in [2.05, 4.69) is 52.5 Å². The van der Waals surface area contributed by atoms with Crippen molar-refractivity contribution < 1.29 is 52.7 Å². The van der Waals surface area contributed by atoms with Crippen molar-refractivity contribution in [2.75, 3.05) is 45.1 Å². The number of guanidine groups is 2. The number of hydrogen-bond acceptors (Lipinski definition) is 16. The standard InChI is InChI=1S/C59H91N17O11S2/c1-4-87-38-21-19-37(20-22-38)31-41-51(81)72-42(30-36-14-7-5-8-15-36)53(83)75-48(35(2)3)55(85)73-43(32-46(61)77)52(82)74-44(34-88-89-59(33-47(78)70-41)23-9-6-10-24-59)56(86)76-29-13-18-45(76)54(84)71-40(17-12-26-69-58(64)65)50(80)67-28-27-66-49(79)39(60)16-11-25-68-57(62)63/h5,7-8,14-15,19-22,35,39-45,48H,4,6,9-13,16-18,23-34,60H2,1-3H3,(H2,61,77)(H,66,79)(H,67,80)(H,70,78)(H,71,84)(H,72,81)(H,73,85)(H,74,82)(H,75,83)(H4,62,63,68)(H4,64,65,69)/t39-,40-,41-,42-,43-,44-,45?,48+/m1/s1. The monoisotopic (exact) mass is 1280 g/mol. The van der Waals surface area contributed by atoms with E-state index >= 15 is 4.79 Å². The number of nitrogens with two attached hydrogens (primary N) is 6. The Balaban J connectivity index is 1.45. The lowest BCUT2D eigenvalue weighted by Crippen LogP contribution is -2.61. The average molecular weight is 1280 g/mol. The Bertz CT molecular complexity index is 2780. The molecule has 28 nitrogen and oxygen atoms in total. The first-order valence-corrected chi connectivity index (χ1v) is 32.7. The smallest absolute Gasteiger partial charge is 0.246 e. The third-order valence-electron chi connectivity index (χ3n) is 15.3. The van der Waals surface area contributed by atoms with E-state index in [1.54, 1.807) is 68.4 Å². The Morgan fingerprint density at radius 3 is 1.91 bits per heavy atom. The molecule has 30 heteroatoms. The summed E-state index contributed by atoms with van der Waals surface area (Å²) < 4.78 is 4.93. The van der Waals surface area contributed by atoms with Crippen molar-refractivity contribution in [3.63, 3.8) is 0 Å². The van der Waals surface area contributed by atoms with Crippen LogP contribution in [-0.4, -0.2) is 174 Å². The van der Waals surface area contributed by atoms with Crippen LogP contribution in [-0.2, 0) is 60.8 Å². The SMILES string of the molecule is CCOc1ccc(C[C@H]2NC(=O)CC3(CCCCC3)SSC[C@H](C(=O)N3CCCC3C(=O)N[C@H](CCCN=C(N)N)C(=O)NCCNC(=O)[C@H](N)CCCN=C(N)N)NC(=O)[C@@H](CC(N)=O)NC(=O)[C@H](C(C)C)NC(=O)[C@@H](Cc3ccccc3)NC2=O)cc1. The molecule has 0 bridgehead atoms. The zero-order valence-corrected chi connectivity index (χ0v) is 52.7. The number of hydrogen-bond donors (Lipinski definition) is 14. The Labute approximate surface area is 527 Å². The van der Waals surface area contributed by atoms with Gasteiger partial charge < -0.3 is 86.6 Å². The van der Waals surface area contributed by atoms with Crippen molar-refractivity contribution in [1.82, 2.24) is 47.4 Å². The second kappa shape index (κ2) is 36.6. The van der Waals surface area contributed by atoms with Gasteiger partial charge in [-0.1, -0.05) is 97.2 Å². The molecule has 2 heterocycles. The van der Waals surface area contributed by atoms with Crippen LogP contribution >= 0.6 is 21.6 Å². The van der Waals surface area contributed by atoms with E-state index < -0.39 is 124 Å². The van der Waals surface area contributed by atoms with E-state index in [1.807, 2.05) is 6.92 Å². The van der Waals surface area contributed by atoms with Gasteiger partial charge in [0.15, 0.2) is 11.9 Å². The molecule has 3 aliphatic rings. The third kappa shape index (κ3) is 24.2. The van der Waals surface area contributed by atoms with Crippen molar-refractivity contribution >= 4 is 92.6 Å². The van der Waals surface area contributed by atoms with Gasteiger partial charge in [-0.25, -0.2) is 0 Å². The molecule has 2 aliphatic heterocycles. The minimum Gasteiger partial charge on any atom is -0.494 e. The van der Waals surface area contributed by atoms with Crippen LogP contribution in [0.2, 0.25) is 0 Å². The molecule has 3 fully saturated rings. The van der Waals surface area contributed by atoms with E-state index in [-0.39, 0.29) is 82.4 Å². The summed E-state index contributed by atoms with van der Waals surface area (Å²) in [6.07, 6.45) is 4.46. The number of likely N-dealkylation sites (tertiary alicyclic amines) is 1. The van der Waals surface area contributed by atoms with Gasteiger partial charge in [-0.3, -0.25) is 57.9 Å². The molecule has 20 N–H and O–H groups in total. The van der Waals surface area contributed by atoms with Gasteiger partial charge in [-0.05, 0) is 87.5 Å². The van der Waals surface area contributed by atoms with Crippen LogP contribution in [0.25, 0.3) is 0 Å². The quantitative estimate of drug-likeness (QED) is 0.0232. The zero-order valence-electron chi connectivity index (χ0n) is 51.1. The van der Waals surface area contributed by atoms with Crippen LogP contribution in [0.3, 0.4) is 0 Å². The van der Waals surface area contributed by atoms with Crippen molar-refractivity contribution in [2.24, 2.45) is 50.3 Å². The fourth-order valence-electron chi connectivity index (χ4n) is 10.6. The topological polar surface area (TPSA) is 460 Å². The number of carbonyl (C=O) groups is 10. The number of nitrogens with zero attached hydrogens (tertiary/aromatic N) is 3. The summed E-state index contributed by atoms with van der Waals surface area (Å²) in [6.45, 7) is 6.03. The molecule has 1 spiro atoms. The number of aliphatic imine (C=N–C) groups is 2. The van der Waals surface area contributed by atoms with Gasteiger partial charge in [-0.15, -0.1) is 0 Å². The normalized spacial score (nSPS) is 21.9. The van der Waals surface area contributed by atoms with E-state index in [0.29, 0.717) is 62.1 Å². The number of ether oxygens (including phenoxy) is 1. The molecular formula is C59H91N17O11S2. The molecule has 5 rings (SSSR count). The van der Waals surface area contributed by atoms with Gasteiger partial charge in [0.05, 0.1) is 19.1 Å². The molecule has 10 amide bonds. The van der Waals surface area contributed by atoms with Crippen molar-refractivity contribution in [1.29, 1.82) is 0 Å². The molecule has 2 saturated heterocycles. The predicted molar refractivity (Wildman–Crippen MR) is 341 cm³/mol. The number of amides is 10. The molecule has 2 aromatic carbocycles. The molecule has 0 aromatic heterocycles. The van der Waals surface area contributed by atoms with E-state index in [1.165, 1.54) is 26.5 Å². The summed E-state index contributed by atoms with van der Waals surface area (Å²) in [6, 6.07) is 5.94.